The maximum Gasteiger partial charge on any atom is 0.161 e. The largest absolute Gasteiger partial charge is 0.366 e. The van der Waals surface area contributed by atoms with Crippen molar-refractivity contribution in [2.45, 2.75) is 19.9 Å². The van der Waals surface area contributed by atoms with Crippen LogP contribution in [0.3, 0.4) is 0 Å². The van der Waals surface area contributed by atoms with E-state index in [9.17, 15) is 4.79 Å². The molecule has 0 saturated carbocycles. The maximum absolute atomic E-state index is 11.9. The number of H-pyrrole nitrogens is 1. The Labute approximate surface area is 129 Å². The first-order chi connectivity index (χ1) is 10.7. The second kappa shape index (κ2) is 5.02. The Bertz CT molecular complexity index is 863. The van der Waals surface area contributed by atoms with Gasteiger partial charge in [0.05, 0.1) is 0 Å². The van der Waals surface area contributed by atoms with Gasteiger partial charge in [-0.3, -0.25) is 4.79 Å². The molecule has 0 atom stereocenters. The van der Waals surface area contributed by atoms with Gasteiger partial charge >= 0.3 is 0 Å². The van der Waals surface area contributed by atoms with Crippen LogP contribution in [0.15, 0.2) is 48.5 Å². The van der Waals surface area contributed by atoms with Crippen LogP contribution in [0.4, 0.5) is 5.69 Å². The van der Waals surface area contributed by atoms with Gasteiger partial charge in [0, 0.05) is 52.9 Å². The van der Waals surface area contributed by atoms with Crippen molar-refractivity contribution in [1.29, 1.82) is 0 Å². The molecule has 2 aromatic carbocycles. The lowest BCUT2D eigenvalue weighted by Crippen LogP contribution is -2.31. The SMILES string of the molecule is CC(=O)c1ccccc1N1CCc2[nH]c3ccccc3c2C1. The highest BCUT2D eigenvalue weighted by Gasteiger charge is 2.22. The molecule has 0 saturated heterocycles. The fourth-order valence-corrected chi connectivity index (χ4v) is 3.42. The van der Waals surface area contributed by atoms with E-state index in [1.165, 1.54) is 22.2 Å². The number of nitrogens with one attached hydrogen (secondary N) is 1. The van der Waals surface area contributed by atoms with Gasteiger partial charge in [0.2, 0.25) is 0 Å². The van der Waals surface area contributed by atoms with Crippen molar-refractivity contribution in [2.75, 3.05) is 11.4 Å². The molecule has 110 valence electrons. The van der Waals surface area contributed by atoms with Crippen molar-refractivity contribution in [3.8, 4) is 0 Å². The summed E-state index contributed by atoms with van der Waals surface area (Å²) in [5, 5.41) is 1.29. The molecule has 0 bridgehead atoms. The molecule has 0 aliphatic carbocycles. The second-order valence-corrected chi connectivity index (χ2v) is 5.87. The normalized spacial score (nSPS) is 14.1. The van der Waals surface area contributed by atoms with Crippen molar-refractivity contribution in [2.24, 2.45) is 0 Å². The van der Waals surface area contributed by atoms with Crippen LogP contribution >= 0.6 is 0 Å². The third-order valence-corrected chi connectivity index (χ3v) is 4.51. The molecule has 0 spiro atoms. The van der Waals surface area contributed by atoms with Crippen LogP contribution in [0.1, 0.15) is 28.5 Å². The summed E-state index contributed by atoms with van der Waals surface area (Å²) in [4.78, 5) is 17.7. The minimum absolute atomic E-state index is 0.125. The second-order valence-electron chi connectivity index (χ2n) is 5.87. The number of carbonyl (C=O) groups excluding carboxylic acids is 1. The van der Waals surface area contributed by atoms with E-state index < -0.39 is 0 Å². The zero-order chi connectivity index (χ0) is 15.1. The molecule has 0 fully saturated rings. The number of ketones is 1. The third-order valence-electron chi connectivity index (χ3n) is 4.51. The molecule has 0 amide bonds. The van der Waals surface area contributed by atoms with Crippen molar-refractivity contribution in [1.82, 2.24) is 4.98 Å². The molecular formula is C19H18N2O. The average Bonchev–Trinajstić information content (AvgIpc) is 2.92. The number of aromatic nitrogens is 1. The minimum atomic E-state index is 0.125. The Morgan fingerprint density at radius 2 is 1.86 bits per heavy atom. The Hall–Kier alpha value is -2.55. The standard InChI is InChI=1S/C19H18N2O/c1-13(22)14-6-3-5-9-19(14)21-11-10-18-16(12-21)15-7-2-4-8-17(15)20-18/h2-9,20H,10-12H2,1H3. The highest BCUT2D eigenvalue weighted by molar-refractivity contribution is 5.99. The van der Waals surface area contributed by atoms with E-state index in [0.29, 0.717) is 0 Å². The Morgan fingerprint density at radius 1 is 1.09 bits per heavy atom. The predicted octanol–water partition coefficient (Wildman–Crippen LogP) is 3.93. The number of aromatic amines is 1. The summed E-state index contributed by atoms with van der Waals surface area (Å²) in [6.07, 6.45) is 0.982. The van der Waals surface area contributed by atoms with E-state index in [1.54, 1.807) is 6.92 Å². The number of nitrogens with zero attached hydrogens (tertiary/aromatic N) is 1. The summed E-state index contributed by atoms with van der Waals surface area (Å²) in [5.74, 6) is 0.125. The molecule has 0 radical (unpaired) electrons. The lowest BCUT2D eigenvalue weighted by atomic mass is 10.0. The molecule has 3 nitrogen and oxygen atoms in total. The van der Waals surface area contributed by atoms with Crippen LogP contribution in [0, 0.1) is 0 Å². The monoisotopic (exact) mass is 290 g/mol. The lowest BCUT2D eigenvalue weighted by molar-refractivity contribution is 0.101. The summed E-state index contributed by atoms with van der Waals surface area (Å²) in [6, 6.07) is 16.4. The highest BCUT2D eigenvalue weighted by atomic mass is 16.1. The number of Topliss-reactive ketones (excluding diaryl/α,β-unsaturated/α-hetero) is 1. The van der Waals surface area contributed by atoms with Gasteiger partial charge in [-0.25, -0.2) is 0 Å². The van der Waals surface area contributed by atoms with Crippen LogP contribution < -0.4 is 4.90 Å². The number of anilines is 1. The van der Waals surface area contributed by atoms with E-state index in [2.05, 4.69) is 40.2 Å². The van der Waals surface area contributed by atoms with Gasteiger partial charge in [-0.05, 0) is 25.1 Å². The van der Waals surface area contributed by atoms with Crippen LogP contribution in [0.25, 0.3) is 10.9 Å². The van der Waals surface area contributed by atoms with E-state index in [-0.39, 0.29) is 5.78 Å². The van der Waals surface area contributed by atoms with Gasteiger partial charge in [-0.2, -0.15) is 0 Å². The van der Waals surface area contributed by atoms with E-state index in [0.717, 1.165) is 30.8 Å². The summed E-state index contributed by atoms with van der Waals surface area (Å²) in [5.41, 5.74) is 5.75. The molecular weight excluding hydrogens is 272 g/mol. The van der Waals surface area contributed by atoms with E-state index in [4.69, 9.17) is 0 Å². The zero-order valence-corrected chi connectivity index (χ0v) is 12.6. The number of hydrogen-bond acceptors (Lipinski definition) is 2. The summed E-state index contributed by atoms with van der Waals surface area (Å²) in [6.45, 7) is 3.42. The molecule has 1 aliphatic heterocycles. The molecule has 2 heterocycles. The first-order valence-electron chi connectivity index (χ1n) is 7.67. The number of carbonyl (C=O) groups is 1. The number of rotatable bonds is 2. The summed E-state index contributed by atoms with van der Waals surface area (Å²) >= 11 is 0. The number of para-hydroxylation sites is 2. The summed E-state index contributed by atoms with van der Waals surface area (Å²) < 4.78 is 0. The van der Waals surface area contributed by atoms with Gasteiger partial charge in [0.1, 0.15) is 0 Å². The predicted molar refractivity (Wildman–Crippen MR) is 89.5 cm³/mol. The fourth-order valence-electron chi connectivity index (χ4n) is 3.42. The van der Waals surface area contributed by atoms with Crippen LogP contribution in [-0.4, -0.2) is 17.3 Å². The highest BCUT2D eigenvalue weighted by Crippen LogP contribution is 2.31. The van der Waals surface area contributed by atoms with Gasteiger partial charge in [-0.1, -0.05) is 30.3 Å². The lowest BCUT2D eigenvalue weighted by Gasteiger charge is -2.30. The molecule has 1 aliphatic rings. The Morgan fingerprint density at radius 3 is 2.73 bits per heavy atom. The Kier molecular flexibility index (Phi) is 3.00. The quantitative estimate of drug-likeness (QED) is 0.726. The van der Waals surface area contributed by atoms with Crippen LogP contribution in [0.5, 0.6) is 0 Å². The maximum atomic E-state index is 11.9. The zero-order valence-electron chi connectivity index (χ0n) is 12.6. The number of benzene rings is 2. The van der Waals surface area contributed by atoms with Gasteiger partial charge in [0.15, 0.2) is 5.78 Å². The molecule has 1 N–H and O–H groups in total. The number of hydrogen-bond donors (Lipinski definition) is 1. The smallest absolute Gasteiger partial charge is 0.161 e. The molecule has 3 heteroatoms. The minimum Gasteiger partial charge on any atom is -0.366 e. The van der Waals surface area contributed by atoms with Crippen molar-refractivity contribution >= 4 is 22.4 Å². The van der Waals surface area contributed by atoms with Gasteiger partial charge in [0.25, 0.3) is 0 Å². The molecule has 22 heavy (non-hydrogen) atoms. The number of fused-ring (bicyclic) bond motifs is 3. The molecule has 3 aromatic rings. The molecule has 0 unspecified atom stereocenters. The van der Waals surface area contributed by atoms with Crippen molar-refractivity contribution < 1.29 is 4.79 Å². The topological polar surface area (TPSA) is 36.1 Å². The molecule has 4 rings (SSSR count). The first kappa shape index (κ1) is 13.1. The average molecular weight is 290 g/mol. The van der Waals surface area contributed by atoms with Crippen LogP contribution in [0.2, 0.25) is 0 Å². The fraction of sp³-hybridized carbons (Fsp3) is 0.211. The first-order valence-corrected chi connectivity index (χ1v) is 7.67. The van der Waals surface area contributed by atoms with E-state index in [1.807, 2.05) is 18.2 Å². The van der Waals surface area contributed by atoms with Crippen LogP contribution in [-0.2, 0) is 13.0 Å². The summed E-state index contributed by atoms with van der Waals surface area (Å²) in [7, 11) is 0. The van der Waals surface area contributed by atoms with Gasteiger partial charge in [-0.15, -0.1) is 0 Å². The third kappa shape index (κ3) is 2.01. The van der Waals surface area contributed by atoms with Crippen molar-refractivity contribution in [3.63, 3.8) is 0 Å². The van der Waals surface area contributed by atoms with E-state index >= 15 is 0 Å². The molecule has 1 aromatic heterocycles. The van der Waals surface area contributed by atoms with Crippen molar-refractivity contribution in [3.05, 3.63) is 65.4 Å². The van der Waals surface area contributed by atoms with Gasteiger partial charge < -0.3 is 9.88 Å². The Balaban J connectivity index is 1.77.